The molecule has 11 nitrogen and oxygen atoms in total. The molecule has 0 spiro atoms. The molecule has 4 aromatic rings. The van der Waals surface area contributed by atoms with Crippen LogP contribution in [0.1, 0.15) is 55.1 Å². The van der Waals surface area contributed by atoms with E-state index in [1.807, 2.05) is 20.8 Å². The summed E-state index contributed by atoms with van der Waals surface area (Å²) < 4.78 is 50.4. The third kappa shape index (κ3) is 6.20. The number of alkyl halides is 3. The second-order valence-electron chi connectivity index (χ2n) is 13.2. The van der Waals surface area contributed by atoms with Crippen LogP contribution in [-0.2, 0) is 18.0 Å². The number of likely N-dealkylation sites (tertiary alicyclic amines) is 1. The van der Waals surface area contributed by atoms with Crippen molar-refractivity contribution in [2.24, 2.45) is 18.9 Å². The molecule has 0 bridgehead atoms. The number of benzene rings is 2. The summed E-state index contributed by atoms with van der Waals surface area (Å²) in [4.78, 5) is 42.5. The van der Waals surface area contributed by atoms with Gasteiger partial charge in [-0.25, -0.2) is 14.2 Å². The summed E-state index contributed by atoms with van der Waals surface area (Å²) in [6.45, 7) is 6.42. The quantitative estimate of drug-likeness (QED) is 0.310. The maximum Gasteiger partial charge on any atom is 0.416 e. The Balaban J connectivity index is 1.35. The van der Waals surface area contributed by atoms with Gasteiger partial charge in [0.1, 0.15) is 16.9 Å². The Morgan fingerprint density at radius 1 is 1.00 bits per heavy atom. The highest BCUT2D eigenvalue weighted by Crippen LogP contribution is 2.39. The molecule has 48 heavy (non-hydrogen) atoms. The van der Waals surface area contributed by atoms with Gasteiger partial charge in [0.2, 0.25) is 0 Å². The fourth-order valence-electron chi connectivity index (χ4n) is 6.72. The summed E-state index contributed by atoms with van der Waals surface area (Å²) in [5.41, 5.74) is -1.24. The van der Waals surface area contributed by atoms with Gasteiger partial charge < -0.3 is 15.0 Å². The standard InChI is InChI=1S/C34H34F3N7O4/c1-33(2,3)48-32(47)42-18-21-14-24(15-22(21)19-42)40-30(45)28-29(27-12-13-39-43(27)25-10-8-20(17-38)9-11-25)41(4)44(31(28)46)26-7-5-6-23(16-26)34(35,36)37/h5-13,16,21-22,24H,14-15,18-19H2,1-4H3,(H,40,45)/t21-,22+,24-. The summed E-state index contributed by atoms with van der Waals surface area (Å²) in [6, 6.07) is 14.2. The van der Waals surface area contributed by atoms with E-state index in [-0.39, 0.29) is 40.9 Å². The lowest BCUT2D eigenvalue weighted by Crippen LogP contribution is -2.39. The van der Waals surface area contributed by atoms with Crippen molar-refractivity contribution in [3.8, 4) is 28.8 Å². The third-order valence-corrected chi connectivity index (χ3v) is 8.78. The smallest absolute Gasteiger partial charge is 0.416 e. The first-order valence-corrected chi connectivity index (χ1v) is 15.5. The normalized spacial score (nSPS) is 19.2. The number of amides is 2. The van der Waals surface area contributed by atoms with Gasteiger partial charge in [0.25, 0.3) is 11.5 Å². The number of halogens is 3. The molecule has 3 heterocycles. The van der Waals surface area contributed by atoms with E-state index in [1.165, 1.54) is 34.7 Å². The number of rotatable bonds is 5. The number of hydrogen-bond donors (Lipinski definition) is 1. The summed E-state index contributed by atoms with van der Waals surface area (Å²) >= 11 is 0. The monoisotopic (exact) mass is 661 g/mol. The lowest BCUT2D eigenvalue weighted by Gasteiger charge is -2.25. The number of hydrogen-bond acceptors (Lipinski definition) is 6. The van der Waals surface area contributed by atoms with Gasteiger partial charge in [-0.15, -0.1) is 0 Å². The number of nitriles is 1. The van der Waals surface area contributed by atoms with Crippen molar-refractivity contribution in [2.75, 3.05) is 13.1 Å². The molecule has 1 aliphatic heterocycles. The van der Waals surface area contributed by atoms with Crippen LogP contribution in [0.5, 0.6) is 0 Å². The number of ether oxygens (including phenoxy) is 1. The Morgan fingerprint density at radius 3 is 2.27 bits per heavy atom. The van der Waals surface area contributed by atoms with Crippen LogP contribution in [0.3, 0.4) is 0 Å². The van der Waals surface area contributed by atoms with Crippen molar-refractivity contribution < 1.29 is 27.5 Å². The largest absolute Gasteiger partial charge is 0.444 e. The van der Waals surface area contributed by atoms with Crippen LogP contribution in [0.4, 0.5) is 18.0 Å². The van der Waals surface area contributed by atoms with Crippen molar-refractivity contribution in [3.63, 3.8) is 0 Å². The minimum atomic E-state index is -4.65. The average molecular weight is 662 g/mol. The molecule has 1 aliphatic carbocycles. The van der Waals surface area contributed by atoms with E-state index in [9.17, 15) is 32.8 Å². The molecule has 6 rings (SSSR count). The maximum atomic E-state index is 14.1. The van der Waals surface area contributed by atoms with Crippen LogP contribution in [0.25, 0.3) is 22.8 Å². The number of nitrogens with zero attached hydrogens (tertiary/aromatic N) is 6. The fourth-order valence-corrected chi connectivity index (χ4v) is 6.72. The van der Waals surface area contributed by atoms with E-state index >= 15 is 0 Å². The van der Waals surface area contributed by atoms with Crippen LogP contribution in [0, 0.1) is 23.2 Å². The van der Waals surface area contributed by atoms with Crippen molar-refractivity contribution in [3.05, 3.63) is 87.8 Å². The first-order valence-electron chi connectivity index (χ1n) is 15.5. The molecule has 0 unspecified atom stereocenters. The molecule has 1 saturated heterocycles. The van der Waals surface area contributed by atoms with Gasteiger partial charge in [0.05, 0.1) is 40.5 Å². The van der Waals surface area contributed by atoms with Crippen LogP contribution >= 0.6 is 0 Å². The summed E-state index contributed by atoms with van der Waals surface area (Å²) in [7, 11) is 1.50. The predicted molar refractivity (Wildman–Crippen MR) is 169 cm³/mol. The average Bonchev–Trinajstić information content (AvgIpc) is 3.78. The van der Waals surface area contributed by atoms with E-state index < -0.39 is 28.8 Å². The SMILES string of the molecule is Cn1c(-c2ccnn2-c2ccc(C#N)cc2)c(C(=O)N[C@@H]2C[C@@H]3CN(C(=O)OC(C)(C)C)C[C@@H]3C2)c(=O)n1-c1cccc(C(F)(F)F)c1. The first kappa shape index (κ1) is 32.6. The summed E-state index contributed by atoms with van der Waals surface area (Å²) in [5, 5.41) is 16.6. The number of aromatic nitrogens is 4. The van der Waals surface area contributed by atoms with Crippen molar-refractivity contribution in [1.82, 2.24) is 29.4 Å². The molecular weight excluding hydrogens is 627 g/mol. The Labute approximate surface area is 274 Å². The van der Waals surface area contributed by atoms with Crippen LogP contribution in [-0.4, -0.2) is 60.8 Å². The molecular formula is C34H34F3N7O4. The molecule has 2 aromatic carbocycles. The molecule has 2 aliphatic rings. The number of carbonyl (C=O) groups excluding carboxylic acids is 2. The molecule has 3 atom stereocenters. The van der Waals surface area contributed by atoms with Gasteiger partial charge in [-0.3, -0.25) is 14.3 Å². The Kier molecular flexibility index (Phi) is 8.18. The molecule has 14 heteroatoms. The fraction of sp³-hybridized carbons (Fsp3) is 0.382. The molecule has 2 aromatic heterocycles. The first-order chi connectivity index (χ1) is 22.6. The highest BCUT2D eigenvalue weighted by atomic mass is 19.4. The van der Waals surface area contributed by atoms with E-state index in [1.54, 1.807) is 35.2 Å². The minimum Gasteiger partial charge on any atom is -0.444 e. The molecule has 250 valence electrons. The topological polar surface area (TPSA) is 127 Å². The Morgan fingerprint density at radius 2 is 1.67 bits per heavy atom. The maximum absolute atomic E-state index is 14.1. The van der Waals surface area contributed by atoms with Gasteiger partial charge >= 0.3 is 12.3 Å². The van der Waals surface area contributed by atoms with Gasteiger partial charge in [-0.05, 0) is 94.0 Å². The zero-order chi connectivity index (χ0) is 34.5. The van der Waals surface area contributed by atoms with Crippen molar-refractivity contribution in [1.29, 1.82) is 5.26 Å². The molecule has 2 fully saturated rings. The lowest BCUT2D eigenvalue weighted by molar-refractivity contribution is -0.137. The van der Waals surface area contributed by atoms with E-state index in [2.05, 4.69) is 16.5 Å². The van der Waals surface area contributed by atoms with Crippen LogP contribution in [0.2, 0.25) is 0 Å². The van der Waals surface area contributed by atoms with E-state index in [0.29, 0.717) is 42.9 Å². The van der Waals surface area contributed by atoms with Gasteiger partial charge in [-0.2, -0.15) is 23.5 Å². The van der Waals surface area contributed by atoms with E-state index in [0.717, 1.165) is 16.8 Å². The molecule has 1 N–H and O–H groups in total. The van der Waals surface area contributed by atoms with Crippen molar-refractivity contribution >= 4 is 12.0 Å². The zero-order valence-electron chi connectivity index (χ0n) is 26.8. The molecule has 0 radical (unpaired) electrons. The summed E-state index contributed by atoms with van der Waals surface area (Å²) in [5.74, 6) is -0.395. The zero-order valence-corrected chi connectivity index (χ0v) is 26.8. The van der Waals surface area contributed by atoms with Crippen LogP contribution < -0.4 is 10.9 Å². The highest BCUT2D eigenvalue weighted by Gasteiger charge is 2.44. The van der Waals surface area contributed by atoms with Crippen molar-refractivity contribution in [2.45, 2.75) is 51.4 Å². The molecule has 1 saturated carbocycles. The van der Waals surface area contributed by atoms with Gasteiger partial charge in [0.15, 0.2) is 0 Å². The Bertz CT molecular complexity index is 1970. The van der Waals surface area contributed by atoms with E-state index in [4.69, 9.17) is 4.74 Å². The van der Waals surface area contributed by atoms with Gasteiger partial charge in [-0.1, -0.05) is 6.07 Å². The second kappa shape index (κ2) is 12.0. The Hall–Kier alpha value is -5.32. The van der Waals surface area contributed by atoms with Gasteiger partial charge in [0, 0.05) is 26.2 Å². The second-order valence-corrected chi connectivity index (χ2v) is 13.2. The highest BCUT2D eigenvalue weighted by molar-refractivity contribution is 6.00. The number of nitrogens with one attached hydrogen (secondary N) is 1. The minimum absolute atomic E-state index is 0.0697. The lowest BCUT2D eigenvalue weighted by atomic mass is 10.0. The predicted octanol–water partition coefficient (Wildman–Crippen LogP) is 5.29. The molecule has 2 amide bonds. The summed E-state index contributed by atoms with van der Waals surface area (Å²) in [6.07, 6.45) is -2.37. The van der Waals surface area contributed by atoms with Crippen LogP contribution in [0.15, 0.2) is 65.6 Å². The third-order valence-electron chi connectivity index (χ3n) is 8.78. The number of fused-ring (bicyclic) bond motifs is 1. The number of carbonyl (C=O) groups is 2.